The third-order valence-electron chi connectivity index (χ3n) is 13.4. The first-order valence-corrected chi connectivity index (χ1v) is 29.5. The van der Waals surface area contributed by atoms with E-state index in [9.17, 15) is 0 Å². The van der Waals surface area contributed by atoms with Gasteiger partial charge in [-0.15, -0.1) is 0 Å². The van der Waals surface area contributed by atoms with Crippen molar-refractivity contribution in [2.24, 2.45) is 5.92 Å². The lowest BCUT2D eigenvalue weighted by molar-refractivity contribution is 0.587. The molecule has 5 aromatic rings. The summed E-state index contributed by atoms with van der Waals surface area (Å²) in [5.74, 6) is 1.11. The normalized spacial score (nSPS) is 10.7. The molecule has 0 saturated heterocycles. The highest BCUT2D eigenvalue weighted by molar-refractivity contribution is 5.65. The largest absolute Gasteiger partial charge is 0.105 e. The topological polar surface area (TPSA) is 0 Å². The first kappa shape index (κ1) is 69.4. The van der Waals surface area contributed by atoms with E-state index in [1.54, 1.807) is 0 Å². The fraction of sp³-hybridized carbons (Fsp3) is 0.427. The van der Waals surface area contributed by atoms with Crippen LogP contribution in [0.5, 0.6) is 0 Å². The molecule has 0 aliphatic carbocycles. The van der Waals surface area contributed by atoms with E-state index in [0.717, 1.165) is 25.7 Å². The maximum atomic E-state index is 4.20. The predicted octanol–water partition coefficient (Wildman–Crippen LogP) is 24.6. The number of benzene rings is 5. The summed E-state index contributed by atoms with van der Waals surface area (Å²) in [5, 5.41) is 0. The number of aryl methyl sites for hydroxylation is 1. The van der Waals surface area contributed by atoms with Crippen molar-refractivity contribution in [1.82, 2.24) is 0 Å². The van der Waals surface area contributed by atoms with Crippen LogP contribution in [-0.2, 0) is 6.42 Å². The molecule has 5 rings (SSSR count). The van der Waals surface area contributed by atoms with Gasteiger partial charge in [-0.2, -0.15) is 0 Å². The van der Waals surface area contributed by atoms with Crippen molar-refractivity contribution in [2.45, 2.75) is 202 Å². The van der Waals surface area contributed by atoms with E-state index in [0.29, 0.717) is 11.8 Å². The van der Waals surface area contributed by atoms with Crippen LogP contribution in [0, 0.1) is 12.3 Å². The van der Waals surface area contributed by atoms with E-state index in [-0.39, 0.29) is 0 Å². The first-order chi connectivity index (χ1) is 36.5. The van der Waals surface area contributed by atoms with Crippen LogP contribution in [0.15, 0.2) is 208 Å². The van der Waals surface area contributed by atoms with Gasteiger partial charge in [-0.05, 0) is 115 Å². The number of allylic oxidation sites excluding steroid dienone is 5. The molecule has 0 aliphatic rings. The van der Waals surface area contributed by atoms with Crippen molar-refractivity contribution in [3.05, 3.63) is 243 Å². The van der Waals surface area contributed by atoms with Crippen molar-refractivity contribution in [3.63, 3.8) is 0 Å². The Morgan fingerprint density at radius 3 is 1.43 bits per heavy atom. The Morgan fingerprint density at radius 2 is 0.920 bits per heavy atom. The zero-order valence-electron chi connectivity index (χ0n) is 49.3. The van der Waals surface area contributed by atoms with Gasteiger partial charge >= 0.3 is 0 Å². The molecule has 0 aliphatic heterocycles. The third-order valence-corrected chi connectivity index (χ3v) is 13.4. The van der Waals surface area contributed by atoms with E-state index >= 15 is 0 Å². The van der Waals surface area contributed by atoms with Crippen molar-refractivity contribution in [3.8, 4) is 0 Å². The number of hydrogen-bond donors (Lipinski definition) is 0. The fourth-order valence-corrected chi connectivity index (χ4v) is 8.11. The Labute approximate surface area is 465 Å². The van der Waals surface area contributed by atoms with Gasteiger partial charge in [0.1, 0.15) is 6.42 Å². The molecular formula is C75H109+. The third kappa shape index (κ3) is 39.5. The van der Waals surface area contributed by atoms with Crippen LogP contribution >= 0.6 is 0 Å². The molecular weight excluding hydrogens is 901 g/mol. The Bertz CT molecular complexity index is 2070. The van der Waals surface area contributed by atoms with Gasteiger partial charge in [-0.1, -0.05) is 327 Å². The zero-order chi connectivity index (χ0) is 55.4. The molecule has 2 unspecified atom stereocenters. The Morgan fingerprint density at radius 1 is 0.467 bits per heavy atom. The molecule has 0 nitrogen and oxygen atoms in total. The van der Waals surface area contributed by atoms with Crippen LogP contribution in [0.1, 0.15) is 223 Å². The maximum Gasteiger partial charge on any atom is 0.105 e. The van der Waals surface area contributed by atoms with E-state index in [2.05, 4.69) is 216 Å². The van der Waals surface area contributed by atoms with Gasteiger partial charge < -0.3 is 0 Å². The van der Waals surface area contributed by atoms with Gasteiger partial charge in [0.2, 0.25) is 0 Å². The molecule has 0 aromatic heterocycles. The lowest BCUT2D eigenvalue weighted by Gasteiger charge is -2.14. The number of rotatable bonds is 31. The van der Waals surface area contributed by atoms with Crippen LogP contribution in [0.4, 0.5) is 0 Å². The minimum Gasteiger partial charge on any atom is -0.0999 e. The minimum absolute atomic E-state index is 0.503. The molecule has 0 radical (unpaired) electrons. The van der Waals surface area contributed by atoms with Gasteiger partial charge in [0.05, 0.1) is 12.8 Å². The monoisotopic (exact) mass is 1010 g/mol. The van der Waals surface area contributed by atoms with E-state index in [1.165, 1.54) is 172 Å². The molecule has 0 fully saturated rings. The van der Waals surface area contributed by atoms with Crippen molar-refractivity contribution in [1.29, 1.82) is 0 Å². The minimum atomic E-state index is 0.503. The second-order valence-electron chi connectivity index (χ2n) is 20.1. The second kappa shape index (κ2) is 50.6. The fourth-order valence-electron chi connectivity index (χ4n) is 8.11. The Kier molecular flexibility index (Phi) is 46.8. The molecule has 2 atom stereocenters. The average molecular weight is 1010 g/mol. The summed E-state index contributed by atoms with van der Waals surface area (Å²) in [6.45, 7) is 39.6. The predicted molar refractivity (Wildman–Crippen MR) is 344 cm³/mol. The summed E-state index contributed by atoms with van der Waals surface area (Å²) in [7, 11) is 0. The average Bonchev–Trinajstić information content (AvgIpc) is 3.46. The zero-order valence-corrected chi connectivity index (χ0v) is 49.3. The van der Waals surface area contributed by atoms with Crippen molar-refractivity contribution >= 4 is 17.2 Å². The summed E-state index contributed by atoms with van der Waals surface area (Å²) < 4.78 is 0. The lowest BCUT2D eigenvalue weighted by Crippen LogP contribution is -1.97. The molecule has 0 saturated carbocycles. The highest BCUT2D eigenvalue weighted by Crippen LogP contribution is 2.27. The molecule has 0 heterocycles. The van der Waals surface area contributed by atoms with Crippen LogP contribution in [0.25, 0.3) is 17.2 Å². The quantitative estimate of drug-likeness (QED) is 0.0236. The maximum absolute atomic E-state index is 4.20. The molecule has 408 valence electrons. The highest BCUT2D eigenvalue weighted by atomic mass is 14.1. The Hall–Kier alpha value is -5.59. The molecule has 0 spiro atoms. The first-order valence-electron chi connectivity index (χ1n) is 29.5. The molecule has 5 aromatic carbocycles. The van der Waals surface area contributed by atoms with Gasteiger partial charge in [-0.25, -0.2) is 0 Å². The van der Waals surface area contributed by atoms with Gasteiger partial charge in [0.15, 0.2) is 0 Å². The smallest absolute Gasteiger partial charge is 0.0999 e. The van der Waals surface area contributed by atoms with E-state index in [4.69, 9.17) is 0 Å². The van der Waals surface area contributed by atoms with Crippen LogP contribution in [0.3, 0.4) is 0 Å². The molecule has 0 amide bonds. The summed E-state index contributed by atoms with van der Waals surface area (Å²) in [6, 6.07) is 52.4. The van der Waals surface area contributed by atoms with Crippen molar-refractivity contribution in [2.75, 3.05) is 0 Å². The summed E-state index contributed by atoms with van der Waals surface area (Å²) >= 11 is 0. The summed E-state index contributed by atoms with van der Waals surface area (Å²) in [6.07, 6.45) is 35.1. The lowest BCUT2D eigenvalue weighted by atomic mass is 9.91. The molecule has 0 N–H and O–H groups in total. The highest BCUT2D eigenvalue weighted by Gasteiger charge is 2.09. The van der Waals surface area contributed by atoms with Gasteiger partial charge in [0, 0.05) is 5.92 Å². The van der Waals surface area contributed by atoms with E-state index in [1.807, 2.05) is 42.5 Å². The van der Waals surface area contributed by atoms with Gasteiger partial charge in [-0.3, -0.25) is 0 Å². The van der Waals surface area contributed by atoms with Crippen LogP contribution in [0.2, 0.25) is 0 Å². The second-order valence-corrected chi connectivity index (χ2v) is 20.1. The number of hydrogen-bond acceptors (Lipinski definition) is 0. The molecule has 0 bridgehead atoms. The van der Waals surface area contributed by atoms with Crippen LogP contribution < -0.4 is 0 Å². The summed E-state index contributed by atoms with van der Waals surface area (Å²) in [4.78, 5) is 0. The number of unbranched alkanes of at least 4 members (excludes halogenated alkanes) is 13. The SMILES string of the molecule is C=C(CCCCC)C(C)c1ccccc1.C=C(CCCCC)CCc1ccccc1.C=C(CCCCCCC)c1ccccc1.C=C(c1ccccc1)C(C)CCCCC.C=CC[CH+]CCC.C=Cc1ccccc1. The van der Waals surface area contributed by atoms with Gasteiger partial charge in [0.25, 0.3) is 0 Å². The molecule has 0 heteroatoms. The van der Waals surface area contributed by atoms with Crippen LogP contribution in [-0.4, -0.2) is 0 Å². The van der Waals surface area contributed by atoms with Crippen molar-refractivity contribution < 1.29 is 0 Å². The Balaban J connectivity index is 0.000000894. The standard InChI is InChI=1S/4C15H22.C8H8.C7H13/c2*1-4-5-7-10-13(2)14(3)15-11-8-6-9-12-15;1-3-4-6-9-14(2)12-13-15-10-7-5-8-11-15;1-3-4-5-6-8-11-14(2)15-12-9-7-10-13-15;1-2-8-6-4-3-5-7-8;1-3-5-7-6-4-2/h6,8-9,11-13H,3-5,7,10H2,1-2H3;6,8-9,11-12,14H,2,4-5,7,10H2,1,3H3;5,7-8,10-11H,2-4,6,9,12-13H2,1H3;7,9-10,12-13H,2-6,8,11H2,1H3;2-7H,1H2;3,7H,1,4-6H2,2H3/q;;;;;+1. The summed E-state index contributed by atoms with van der Waals surface area (Å²) in [5.41, 5.74) is 11.9. The molecule has 75 heavy (non-hydrogen) atoms. The van der Waals surface area contributed by atoms with E-state index < -0.39 is 0 Å².